The van der Waals surface area contributed by atoms with Crippen LogP contribution in [0.25, 0.3) is 0 Å². The lowest BCUT2D eigenvalue weighted by molar-refractivity contribution is -0.130. The molecule has 0 unspecified atom stereocenters. The molecule has 6 heteroatoms. The molecule has 0 aliphatic carbocycles. The molecule has 1 aromatic heterocycles. The van der Waals surface area contributed by atoms with E-state index >= 15 is 0 Å². The van der Waals surface area contributed by atoms with Crippen LogP contribution in [-0.2, 0) is 16.1 Å². The minimum Gasteiger partial charge on any atom is -0.377 e. The van der Waals surface area contributed by atoms with Gasteiger partial charge in [-0.15, -0.1) is 0 Å². The second kappa shape index (κ2) is 8.06. The van der Waals surface area contributed by atoms with E-state index in [0.29, 0.717) is 37.9 Å². The lowest BCUT2D eigenvalue weighted by Gasteiger charge is -2.15. The number of hydrogen-bond donors (Lipinski definition) is 0. The van der Waals surface area contributed by atoms with Gasteiger partial charge in [-0.2, -0.15) is 4.98 Å². The summed E-state index contributed by atoms with van der Waals surface area (Å²) in [5.74, 6) is 1.64. The summed E-state index contributed by atoms with van der Waals surface area (Å²) in [5.41, 5.74) is 1.15. The summed E-state index contributed by atoms with van der Waals surface area (Å²) in [6.45, 7) is 4.43. The summed E-state index contributed by atoms with van der Waals surface area (Å²) in [6, 6.07) is 10.1. The zero-order valence-corrected chi connectivity index (χ0v) is 14.0. The van der Waals surface area contributed by atoms with Crippen molar-refractivity contribution in [3.63, 3.8) is 0 Å². The SMILES string of the molecule is Cc1noc([C@@H]2CCN(C(=O)CCCOCc3ccccc3)C2)n1. The highest BCUT2D eigenvalue weighted by molar-refractivity contribution is 5.76. The van der Waals surface area contributed by atoms with E-state index in [2.05, 4.69) is 10.1 Å². The molecule has 2 heterocycles. The first kappa shape index (κ1) is 16.6. The summed E-state index contributed by atoms with van der Waals surface area (Å²) >= 11 is 0. The fourth-order valence-electron chi connectivity index (χ4n) is 2.92. The maximum atomic E-state index is 12.3. The first-order chi connectivity index (χ1) is 11.7. The van der Waals surface area contributed by atoms with E-state index in [-0.39, 0.29) is 11.8 Å². The summed E-state index contributed by atoms with van der Waals surface area (Å²) in [6.07, 6.45) is 2.15. The van der Waals surface area contributed by atoms with E-state index in [9.17, 15) is 4.79 Å². The van der Waals surface area contributed by atoms with Crippen molar-refractivity contribution in [1.82, 2.24) is 15.0 Å². The molecule has 1 amide bonds. The van der Waals surface area contributed by atoms with Crippen LogP contribution in [-0.4, -0.2) is 40.6 Å². The molecule has 0 bridgehead atoms. The Hall–Kier alpha value is -2.21. The van der Waals surface area contributed by atoms with Gasteiger partial charge in [-0.3, -0.25) is 4.79 Å². The first-order valence-electron chi connectivity index (χ1n) is 8.42. The summed E-state index contributed by atoms with van der Waals surface area (Å²) < 4.78 is 10.8. The molecule has 128 valence electrons. The van der Waals surface area contributed by atoms with Gasteiger partial charge >= 0.3 is 0 Å². The van der Waals surface area contributed by atoms with Gasteiger partial charge in [-0.25, -0.2) is 0 Å². The molecule has 1 fully saturated rings. The van der Waals surface area contributed by atoms with Crippen LogP contribution in [0.15, 0.2) is 34.9 Å². The molecule has 24 heavy (non-hydrogen) atoms. The molecule has 1 aromatic carbocycles. The van der Waals surface area contributed by atoms with Crippen LogP contribution in [0.5, 0.6) is 0 Å². The topological polar surface area (TPSA) is 68.5 Å². The third-order valence-electron chi connectivity index (χ3n) is 4.22. The average molecular weight is 329 g/mol. The Morgan fingerprint density at radius 1 is 1.38 bits per heavy atom. The number of aromatic nitrogens is 2. The van der Waals surface area contributed by atoms with Gasteiger partial charge in [0.1, 0.15) is 0 Å². The maximum Gasteiger partial charge on any atom is 0.231 e. The number of benzene rings is 1. The standard InChI is InChI=1S/C18H23N3O3/c1-14-19-18(24-20-14)16-9-10-21(12-16)17(22)8-5-11-23-13-15-6-3-2-4-7-15/h2-4,6-7,16H,5,8-13H2,1H3/t16-/m1/s1. The largest absolute Gasteiger partial charge is 0.377 e. The van der Waals surface area contributed by atoms with Crippen molar-refractivity contribution >= 4 is 5.91 Å². The number of rotatable bonds is 7. The minimum absolute atomic E-state index is 0.171. The number of ether oxygens (including phenoxy) is 1. The fourth-order valence-corrected chi connectivity index (χ4v) is 2.92. The number of nitrogens with zero attached hydrogens (tertiary/aromatic N) is 3. The summed E-state index contributed by atoms with van der Waals surface area (Å²) in [7, 11) is 0. The number of hydrogen-bond acceptors (Lipinski definition) is 5. The van der Waals surface area contributed by atoms with Crippen LogP contribution in [0.1, 0.15) is 42.5 Å². The molecule has 3 rings (SSSR count). The Labute approximate surface area is 141 Å². The van der Waals surface area contributed by atoms with E-state index < -0.39 is 0 Å². The van der Waals surface area contributed by atoms with Gasteiger partial charge in [0.25, 0.3) is 0 Å². The van der Waals surface area contributed by atoms with Crippen molar-refractivity contribution in [2.75, 3.05) is 19.7 Å². The van der Waals surface area contributed by atoms with Crippen molar-refractivity contribution in [2.45, 2.75) is 38.7 Å². The number of carbonyl (C=O) groups is 1. The molecular formula is C18H23N3O3. The van der Waals surface area contributed by atoms with Crippen molar-refractivity contribution < 1.29 is 14.1 Å². The average Bonchev–Trinajstić information content (AvgIpc) is 3.24. The molecule has 0 radical (unpaired) electrons. The monoisotopic (exact) mass is 329 g/mol. The van der Waals surface area contributed by atoms with Gasteiger partial charge in [0, 0.05) is 26.1 Å². The van der Waals surface area contributed by atoms with E-state index in [0.717, 1.165) is 24.9 Å². The molecule has 1 aliphatic rings. The molecule has 1 saturated heterocycles. The Bertz CT molecular complexity index is 657. The van der Waals surface area contributed by atoms with Gasteiger partial charge in [0.15, 0.2) is 5.82 Å². The number of amides is 1. The zero-order valence-electron chi connectivity index (χ0n) is 14.0. The highest BCUT2D eigenvalue weighted by Gasteiger charge is 2.30. The molecule has 6 nitrogen and oxygen atoms in total. The van der Waals surface area contributed by atoms with Crippen molar-refractivity contribution in [2.24, 2.45) is 0 Å². The lowest BCUT2D eigenvalue weighted by Crippen LogP contribution is -2.28. The van der Waals surface area contributed by atoms with Gasteiger partial charge in [-0.05, 0) is 25.3 Å². The van der Waals surface area contributed by atoms with Crippen LogP contribution < -0.4 is 0 Å². The van der Waals surface area contributed by atoms with Gasteiger partial charge in [0.05, 0.1) is 12.5 Å². The maximum absolute atomic E-state index is 12.3. The van der Waals surface area contributed by atoms with E-state index in [4.69, 9.17) is 9.26 Å². The fraction of sp³-hybridized carbons (Fsp3) is 0.500. The molecule has 0 saturated carbocycles. The highest BCUT2D eigenvalue weighted by atomic mass is 16.5. The normalized spacial score (nSPS) is 17.4. The van der Waals surface area contributed by atoms with Crippen LogP contribution >= 0.6 is 0 Å². The molecule has 1 atom stereocenters. The minimum atomic E-state index is 0.171. The van der Waals surface area contributed by atoms with Crippen LogP contribution in [0.2, 0.25) is 0 Å². The van der Waals surface area contributed by atoms with Crippen molar-refractivity contribution in [1.29, 1.82) is 0 Å². The Morgan fingerprint density at radius 3 is 2.96 bits per heavy atom. The molecule has 0 N–H and O–H groups in total. The quantitative estimate of drug-likeness (QED) is 0.731. The van der Waals surface area contributed by atoms with E-state index in [1.807, 2.05) is 35.2 Å². The summed E-state index contributed by atoms with van der Waals surface area (Å²) in [4.78, 5) is 18.4. The van der Waals surface area contributed by atoms with Crippen LogP contribution in [0.4, 0.5) is 0 Å². The first-order valence-corrected chi connectivity index (χ1v) is 8.42. The zero-order chi connectivity index (χ0) is 16.8. The van der Waals surface area contributed by atoms with Gasteiger partial charge in [-0.1, -0.05) is 35.5 Å². The van der Waals surface area contributed by atoms with Gasteiger partial charge in [0.2, 0.25) is 11.8 Å². The lowest BCUT2D eigenvalue weighted by atomic mass is 10.1. The Morgan fingerprint density at radius 2 is 2.21 bits per heavy atom. The second-order valence-electron chi connectivity index (χ2n) is 6.15. The highest BCUT2D eigenvalue weighted by Crippen LogP contribution is 2.26. The molecule has 1 aliphatic heterocycles. The summed E-state index contributed by atoms with van der Waals surface area (Å²) in [5, 5.41) is 3.82. The predicted molar refractivity (Wildman–Crippen MR) is 88.3 cm³/mol. The number of likely N-dealkylation sites (tertiary alicyclic amines) is 1. The molecular weight excluding hydrogens is 306 g/mol. The van der Waals surface area contributed by atoms with Crippen LogP contribution in [0.3, 0.4) is 0 Å². The van der Waals surface area contributed by atoms with Gasteiger partial charge < -0.3 is 14.2 Å². The predicted octanol–water partition coefficient (Wildman–Crippen LogP) is 2.69. The second-order valence-corrected chi connectivity index (χ2v) is 6.15. The third kappa shape index (κ3) is 4.41. The third-order valence-corrected chi connectivity index (χ3v) is 4.22. The van der Waals surface area contributed by atoms with E-state index in [1.165, 1.54) is 0 Å². The van der Waals surface area contributed by atoms with Crippen molar-refractivity contribution in [3.8, 4) is 0 Å². The molecule has 2 aromatic rings. The Kier molecular flexibility index (Phi) is 5.59. The molecule has 0 spiro atoms. The van der Waals surface area contributed by atoms with Crippen molar-refractivity contribution in [3.05, 3.63) is 47.6 Å². The van der Waals surface area contributed by atoms with Crippen LogP contribution in [0, 0.1) is 6.92 Å². The smallest absolute Gasteiger partial charge is 0.231 e. The number of aryl methyl sites for hydroxylation is 1. The number of carbonyl (C=O) groups excluding carboxylic acids is 1. The Balaban J connectivity index is 1.34. The van der Waals surface area contributed by atoms with E-state index in [1.54, 1.807) is 6.92 Å².